The molecule has 0 amide bonds. The third kappa shape index (κ3) is 1.33. The quantitative estimate of drug-likeness (QED) is 0.553. The number of hydrogen-bond acceptors (Lipinski definition) is 2. The van der Waals surface area contributed by atoms with Crippen LogP contribution in [0.4, 0.5) is 0 Å². The lowest BCUT2D eigenvalue weighted by Gasteiger charge is -2.17. The minimum Gasteiger partial charge on any atom is -0.454 e. The van der Waals surface area contributed by atoms with Gasteiger partial charge in [0.2, 0.25) is 6.79 Å². The monoisotopic (exact) mass is 168 g/mol. The van der Waals surface area contributed by atoms with E-state index in [0.717, 1.165) is 11.5 Å². The molecule has 2 nitrogen and oxygen atoms in total. The van der Waals surface area contributed by atoms with Gasteiger partial charge >= 0.3 is 0 Å². The summed E-state index contributed by atoms with van der Waals surface area (Å²) in [6.07, 6.45) is 4.26. The molecule has 0 bridgehead atoms. The van der Waals surface area contributed by atoms with E-state index in [0.29, 0.717) is 18.6 Å². The highest BCUT2D eigenvalue weighted by molar-refractivity contribution is 5.28. The number of fused-ring (bicyclic) bond motifs is 1. The summed E-state index contributed by atoms with van der Waals surface area (Å²) in [5.74, 6) is 2.98. The standard InChI is InChI=1S/C9H12O2.CH4/c1-6-3-8-9(4-7(6)2)11-5-10-8;/h3-4,6-7H,5H2,1-2H3;1H4. The van der Waals surface area contributed by atoms with Gasteiger partial charge in [-0.15, -0.1) is 0 Å². The molecule has 2 unspecified atom stereocenters. The van der Waals surface area contributed by atoms with Crippen LogP contribution in [0, 0.1) is 11.8 Å². The lowest BCUT2D eigenvalue weighted by Crippen LogP contribution is -2.08. The summed E-state index contributed by atoms with van der Waals surface area (Å²) in [4.78, 5) is 0. The summed E-state index contributed by atoms with van der Waals surface area (Å²) in [5.41, 5.74) is 0. The molecule has 2 atom stereocenters. The van der Waals surface area contributed by atoms with Gasteiger partial charge in [0.05, 0.1) is 0 Å². The van der Waals surface area contributed by atoms with Crippen molar-refractivity contribution in [3.05, 3.63) is 23.7 Å². The molecule has 0 saturated carbocycles. The molecule has 1 aliphatic carbocycles. The van der Waals surface area contributed by atoms with E-state index in [2.05, 4.69) is 26.0 Å². The summed E-state index contributed by atoms with van der Waals surface area (Å²) in [6.45, 7) is 4.76. The lowest BCUT2D eigenvalue weighted by molar-refractivity contribution is 0.0976. The van der Waals surface area contributed by atoms with Crippen molar-refractivity contribution in [1.82, 2.24) is 0 Å². The second kappa shape index (κ2) is 3.21. The Balaban J connectivity index is 0.000000720. The Bertz CT molecular complexity index is 204. The van der Waals surface area contributed by atoms with Crippen LogP contribution in [-0.2, 0) is 9.47 Å². The van der Waals surface area contributed by atoms with Gasteiger partial charge in [0.25, 0.3) is 0 Å². The van der Waals surface area contributed by atoms with Gasteiger partial charge in [-0.1, -0.05) is 21.3 Å². The van der Waals surface area contributed by atoms with Crippen LogP contribution in [0.2, 0.25) is 0 Å². The first-order chi connectivity index (χ1) is 5.27. The molecule has 2 heteroatoms. The average Bonchev–Trinajstić information content (AvgIpc) is 2.36. The molecule has 0 radical (unpaired) electrons. The molecule has 2 rings (SSSR count). The van der Waals surface area contributed by atoms with E-state index in [-0.39, 0.29) is 7.43 Å². The molecular weight excluding hydrogens is 152 g/mol. The van der Waals surface area contributed by atoms with E-state index in [1.54, 1.807) is 0 Å². The molecule has 0 aromatic rings. The largest absolute Gasteiger partial charge is 0.454 e. The third-order valence-corrected chi connectivity index (χ3v) is 2.33. The van der Waals surface area contributed by atoms with Gasteiger partial charge in [-0.05, 0) is 24.0 Å². The third-order valence-electron chi connectivity index (χ3n) is 2.33. The zero-order chi connectivity index (χ0) is 7.84. The van der Waals surface area contributed by atoms with Crippen LogP contribution in [0.1, 0.15) is 21.3 Å². The maximum absolute atomic E-state index is 5.25. The van der Waals surface area contributed by atoms with Gasteiger partial charge in [-0.3, -0.25) is 0 Å². The SMILES string of the molecule is C.CC1C=C2OCOC2=CC1C. The fourth-order valence-corrected chi connectivity index (χ4v) is 1.34. The topological polar surface area (TPSA) is 18.5 Å². The first-order valence-corrected chi connectivity index (χ1v) is 3.97. The maximum Gasteiger partial charge on any atom is 0.231 e. The van der Waals surface area contributed by atoms with Crippen molar-refractivity contribution >= 4 is 0 Å². The molecule has 0 spiro atoms. The van der Waals surface area contributed by atoms with Gasteiger partial charge in [0.15, 0.2) is 11.5 Å². The smallest absolute Gasteiger partial charge is 0.231 e. The molecule has 2 aliphatic rings. The Labute approximate surface area is 73.9 Å². The summed E-state index contributed by atoms with van der Waals surface area (Å²) in [6, 6.07) is 0. The highest BCUT2D eigenvalue weighted by Gasteiger charge is 2.24. The highest BCUT2D eigenvalue weighted by Crippen LogP contribution is 2.31. The fourth-order valence-electron chi connectivity index (χ4n) is 1.34. The number of allylic oxidation sites excluding steroid dienone is 2. The van der Waals surface area contributed by atoms with E-state index in [4.69, 9.17) is 9.47 Å². The van der Waals surface area contributed by atoms with Crippen LogP contribution in [0.25, 0.3) is 0 Å². The van der Waals surface area contributed by atoms with Crippen LogP contribution >= 0.6 is 0 Å². The van der Waals surface area contributed by atoms with Crippen molar-refractivity contribution in [2.75, 3.05) is 6.79 Å². The minimum absolute atomic E-state index is 0. The Morgan fingerprint density at radius 1 is 1.08 bits per heavy atom. The zero-order valence-corrected chi connectivity index (χ0v) is 6.83. The molecule has 0 aromatic carbocycles. The number of hydrogen-bond donors (Lipinski definition) is 0. The Morgan fingerprint density at radius 3 is 1.92 bits per heavy atom. The van der Waals surface area contributed by atoms with Crippen molar-refractivity contribution in [2.24, 2.45) is 11.8 Å². The molecule has 1 aliphatic heterocycles. The van der Waals surface area contributed by atoms with E-state index >= 15 is 0 Å². The molecule has 1 fully saturated rings. The van der Waals surface area contributed by atoms with Crippen LogP contribution in [-0.4, -0.2) is 6.79 Å². The predicted molar refractivity (Wildman–Crippen MR) is 48.3 cm³/mol. The van der Waals surface area contributed by atoms with Crippen LogP contribution in [0.15, 0.2) is 23.7 Å². The van der Waals surface area contributed by atoms with Gasteiger partial charge in [-0.25, -0.2) is 0 Å². The molecule has 0 N–H and O–H groups in total. The average molecular weight is 168 g/mol. The lowest BCUT2D eigenvalue weighted by atomic mass is 9.90. The van der Waals surface area contributed by atoms with Crippen LogP contribution in [0.5, 0.6) is 0 Å². The molecule has 12 heavy (non-hydrogen) atoms. The zero-order valence-electron chi connectivity index (χ0n) is 6.83. The van der Waals surface area contributed by atoms with E-state index in [9.17, 15) is 0 Å². The van der Waals surface area contributed by atoms with Crippen molar-refractivity contribution in [1.29, 1.82) is 0 Å². The maximum atomic E-state index is 5.25. The second-order valence-electron chi connectivity index (χ2n) is 3.19. The molecular formula is C10H16O2. The van der Waals surface area contributed by atoms with Crippen molar-refractivity contribution in [2.45, 2.75) is 21.3 Å². The van der Waals surface area contributed by atoms with Crippen molar-refractivity contribution in [3.63, 3.8) is 0 Å². The van der Waals surface area contributed by atoms with Crippen LogP contribution in [0.3, 0.4) is 0 Å². The first kappa shape index (κ1) is 9.17. The van der Waals surface area contributed by atoms with E-state index < -0.39 is 0 Å². The Hall–Kier alpha value is -0.920. The number of rotatable bonds is 0. The number of ether oxygens (including phenoxy) is 2. The molecule has 68 valence electrons. The molecule has 1 saturated heterocycles. The van der Waals surface area contributed by atoms with Gasteiger partial charge in [0.1, 0.15) is 0 Å². The van der Waals surface area contributed by atoms with Gasteiger partial charge in [0, 0.05) is 0 Å². The highest BCUT2D eigenvalue weighted by atomic mass is 16.7. The van der Waals surface area contributed by atoms with E-state index in [1.807, 2.05) is 0 Å². The Morgan fingerprint density at radius 2 is 1.50 bits per heavy atom. The normalized spacial score (nSPS) is 31.8. The van der Waals surface area contributed by atoms with Gasteiger partial charge in [-0.2, -0.15) is 0 Å². The summed E-state index contributed by atoms with van der Waals surface area (Å²) >= 11 is 0. The molecule has 1 heterocycles. The predicted octanol–water partition coefficient (Wildman–Crippen LogP) is 2.68. The summed E-state index contributed by atoms with van der Waals surface area (Å²) in [5, 5.41) is 0. The van der Waals surface area contributed by atoms with E-state index in [1.165, 1.54) is 0 Å². The summed E-state index contributed by atoms with van der Waals surface area (Å²) < 4.78 is 10.5. The summed E-state index contributed by atoms with van der Waals surface area (Å²) in [7, 11) is 0. The fraction of sp³-hybridized carbons (Fsp3) is 0.600. The van der Waals surface area contributed by atoms with Crippen molar-refractivity contribution in [3.8, 4) is 0 Å². The van der Waals surface area contributed by atoms with Crippen LogP contribution < -0.4 is 0 Å². The van der Waals surface area contributed by atoms with Gasteiger partial charge < -0.3 is 9.47 Å². The Kier molecular flexibility index (Phi) is 2.46. The van der Waals surface area contributed by atoms with Crippen molar-refractivity contribution < 1.29 is 9.47 Å². The second-order valence-corrected chi connectivity index (χ2v) is 3.19. The first-order valence-electron chi connectivity index (χ1n) is 3.97. The minimum atomic E-state index is 0. The molecule has 0 aromatic heterocycles.